The topological polar surface area (TPSA) is 61.9 Å². The Morgan fingerprint density at radius 2 is 1.35 bits per heavy atom. The number of hydrogen-bond donors (Lipinski definition) is 3. The minimum absolute atomic E-state index is 0.101. The largest absolute Gasteiger partial charge is 0.370 e. The lowest BCUT2D eigenvalue weighted by atomic mass is 9.90. The molecule has 0 aromatic carbocycles. The Labute approximate surface area is 126 Å². The normalized spacial score (nSPS) is 12.3. The van der Waals surface area contributed by atoms with Crippen LogP contribution >= 0.6 is 0 Å². The molecule has 0 aliphatic heterocycles. The summed E-state index contributed by atoms with van der Waals surface area (Å²) in [5, 5.41) is 10.0. The van der Waals surface area contributed by atoms with Gasteiger partial charge >= 0.3 is 0 Å². The first-order valence-electron chi connectivity index (χ1n) is 8.78. The second kappa shape index (κ2) is 14.7. The Balaban J connectivity index is 3.70. The molecule has 0 heterocycles. The average Bonchev–Trinajstić information content (AvgIpc) is 2.42. The standard InChI is InChI=1S/C17H37N3/c1-3-5-7-9-13-16(12-8-6-4-2)14-10-11-15-20-17(18)19/h16H,3-15H2,1-2H3,(H4,18,19,20)/t16-/m1/s1. The maximum Gasteiger partial charge on any atom is 0.185 e. The fourth-order valence-electron chi connectivity index (χ4n) is 2.76. The molecule has 0 aliphatic carbocycles. The molecule has 0 unspecified atom stereocenters. The molecule has 0 spiro atoms. The molecule has 0 aromatic heterocycles. The van der Waals surface area contributed by atoms with Gasteiger partial charge in [0.25, 0.3) is 0 Å². The van der Waals surface area contributed by atoms with Crippen LogP contribution in [0.1, 0.15) is 90.9 Å². The minimum atomic E-state index is 0.101. The van der Waals surface area contributed by atoms with E-state index in [1.165, 1.54) is 70.6 Å². The van der Waals surface area contributed by atoms with Crippen LogP contribution in [0, 0.1) is 11.3 Å². The molecule has 1 atom stereocenters. The van der Waals surface area contributed by atoms with E-state index < -0.39 is 0 Å². The van der Waals surface area contributed by atoms with Crippen LogP contribution in [0.15, 0.2) is 0 Å². The zero-order valence-electron chi connectivity index (χ0n) is 13.8. The average molecular weight is 284 g/mol. The molecule has 20 heavy (non-hydrogen) atoms. The van der Waals surface area contributed by atoms with Crippen molar-refractivity contribution in [3.05, 3.63) is 0 Å². The number of nitrogens with two attached hydrogens (primary N) is 1. The van der Waals surface area contributed by atoms with Gasteiger partial charge in [0.05, 0.1) is 0 Å². The Morgan fingerprint density at radius 1 is 0.850 bits per heavy atom. The molecule has 0 saturated carbocycles. The molecule has 0 rings (SSSR count). The van der Waals surface area contributed by atoms with Crippen LogP contribution in [0.5, 0.6) is 0 Å². The molecule has 0 radical (unpaired) electrons. The number of hydrogen-bond acceptors (Lipinski definition) is 1. The predicted octanol–water partition coefficient (Wildman–Crippen LogP) is 4.81. The van der Waals surface area contributed by atoms with E-state index >= 15 is 0 Å². The SMILES string of the molecule is CCCCCC[C@@H](CCCCC)CCCCNC(=N)N. The minimum Gasteiger partial charge on any atom is -0.370 e. The fourth-order valence-corrected chi connectivity index (χ4v) is 2.76. The highest BCUT2D eigenvalue weighted by atomic mass is 15.0. The first-order valence-corrected chi connectivity index (χ1v) is 8.78. The molecule has 0 aliphatic rings. The summed E-state index contributed by atoms with van der Waals surface area (Å²) in [5.74, 6) is 1.03. The second-order valence-corrected chi connectivity index (χ2v) is 6.05. The molecule has 120 valence electrons. The van der Waals surface area contributed by atoms with Crippen molar-refractivity contribution in [1.29, 1.82) is 5.41 Å². The van der Waals surface area contributed by atoms with E-state index in [2.05, 4.69) is 19.2 Å². The van der Waals surface area contributed by atoms with Gasteiger partial charge in [-0.15, -0.1) is 0 Å². The van der Waals surface area contributed by atoms with Crippen LogP contribution in [-0.4, -0.2) is 12.5 Å². The number of nitrogens with one attached hydrogen (secondary N) is 2. The molecular formula is C17H37N3. The molecule has 3 heteroatoms. The summed E-state index contributed by atoms with van der Waals surface area (Å²) in [5.41, 5.74) is 5.28. The van der Waals surface area contributed by atoms with Crippen LogP contribution in [0.25, 0.3) is 0 Å². The molecule has 4 N–H and O–H groups in total. The highest BCUT2D eigenvalue weighted by Crippen LogP contribution is 2.23. The monoisotopic (exact) mass is 283 g/mol. The van der Waals surface area contributed by atoms with Crippen LogP contribution < -0.4 is 11.1 Å². The van der Waals surface area contributed by atoms with E-state index in [1.54, 1.807) is 0 Å². The summed E-state index contributed by atoms with van der Waals surface area (Å²) in [4.78, 5) is 0. The lowest BCUT2D eigenvalue weighted by Gasteiger charge is -2.17. The molecule has 0 amide bonds. The lowest BCUT2D eigenvalue weighted by Crippen LogP contribution is -2.30. The van der Waals surface area contributed by atoms with Crippen LogP contribution in [-0.2, 0) is 0 Å². The maximum atomic E-state index is 7.12. The van der Waals surface area contributed by atoms with E-state index in [1.807, 2.05) is 0 Å². The van der Waals surface area contributed by atoms with Gasteiger partial charge in [-0.2, -0.15) is 0 Å². The number of unbranched alkanes of at least 4 members (excludes halogenated alkanes) is 6. The summed E-state index contributed by atoms with van der Waals surface area (Å²) in [6.07, 6.45) is 16.3. The Bertz CT molecular complexity index is 216. The first kappa shape index (κ1) is 19.3. The molecular weight excluding hydrogens is 246 g/mol. The van der Waals surface area contributed by atoms with Crippen molar-refractivity contribution in [3.63, 3.8) is 0 Å². The van der Waals surface area contributed by atoms with Crippen molar-refractivity contribution in [2.45, 2.75) is 90.9 Å². The molecule has 0 fully saturated rings. The summed E-state index contributed by atoms with van der Waals surface area (Å²) in [6, 6.07) is 0. The van der Waals surface area contributed by atoms with Gasteiger partial charge < -0.3 is 11.1 Å². The smallest absolute Gasteiger partial charge is 0.185 e. The van der Waals surface area contributed by atoms with Gasteiger partial charge in [-0.05, 0) is 12.3 Å². The third-order valence-electron chi connectivity index (χ3n) is 4.04. The Hall–Kier alpha value is -0.730. The summed E-state index contributed by atoms with van der Waals surface area (Å²) in [6.45, 7) is 5.41. The summed E-state index contributed by atoms with van der Waals surface area (Å²) < 4.78 is 0. The van der Waals surface area contributed by atoms with Crippen molar-refractivity contribution in [2.24, 2.45) is 11.7 Å². The van der Waals surface area contributed by atoms with Crippen molar-refractivity contribution >= 4 is 5.96 Å². The summed E-state index contributed by atoms with van der Waals surface area (Å²) in [7, 11) is 0. The highest BCUT2D eigenvalue weighted by molar-refractivity contribution is 5.74. The predicted molar refractivity (Wildman–Crippen MR) is 90.2 cm³/mol. The van der Waals surface area contributed by atoms with Gasteiger partial charge in [0, 0.05) is 6.54 Å². The quantitative estimate of drug-likeness (QED) is 0.243. The van der Waals surface area contributed by atoms with Gasteiger partial charge in [-0.1, -0.05) is 84.5 Å². The van der Waals surface area contributed by atoms with E-state index in [4.69, 9.17) is 11.1 Å². The molecule has 0 saturated heterocycles. The van der Waals surface area contributed by atoms with Gasteiger partial charge in [0.2, 0.25) is 0 Å². The van der Waals surface area contributed by atoms with Gasteiger partial charge in [0.1, 0.15) is 0 Å². The molecule has 0 bridgehead atoms. The van der Waals surface area contributed by atoms with Crippen molar-refractivity contribution in [3.8, 4) is 0 Å². The molecule has 3 nitrogen and oxygen atoms in total. The van der Waals surface area contributed by atoms with E-state index in [0.717, 1.165) is 18.9 Å². The van der Waals surface area contributed by atoms with Gasteiger partial charge in [-0.25, -0.2) is 0 Å². The van der Waals surface area contributed by atoms with Gasteiger partial charge in [-0.3, -0.25) is 5.41 Å². The fraction of sp³-hybridized carbons (Fsp3) is 0.941. The zero-order valence-corrected chi connectivity index (χ0v) is 13.8. The van der Waals surface area contributed by atoms with E-state index in [-0.39, 0.29) is 5.96 Å². The number of rotatable bonds is 14. The van der Waals surface area contributed by atoms with E-state index in [9.17, 15) is 0 Å². The Morgan fingerprint density at radius 3 is 1.90 bits per heavy atom. The Kier molecular flexibility index (Phi) is 14.1. The third-order valence-corrected chi connectivity index (χ3v) is 4.04. The maximum absolute atomic E-state index is 7.12. The van der Waals surface area contributed by atoms with Crippen LogP contribution in [0.2, 0.25) is 0 Å². The third kappa shape index (κ3) is 13.7. The zero-order chi connectivity index (χ0) is 15.1. The van der Waals surface area contributed by atoms with Crippen molar-refractivity contribution in [1.82, 2.24) is 5.32 Å². The van der Waals surface area contributed by atoms with Crippen LogP contribution in [0.3, 0.4) is 0 Å². The lowest BCUT2D eigenvalue weighted by molar-refractivity contribution is 0.372. The van der Waals surface area contributed by atoms with Crippen LogP contribution in [0.4, 0.5) is 0 Å². The van der Waals surface area contributed by atoms with E-state index in [0.29, 0.717) is 0 Å². The van der Waals surface area contributed by atoms with Gasteiger partial charge in [0.15, 0.2) is 5.96 Å². The first-order chi connectivity index (χ1) is 9.70. The number of guanidine groups is 1. The highest BCUT2D eigenvalue weighted by Gasteiger charge is 2.08. The van der Waals surface area contributed by atoms with Crippen molar-refractivity contribution in [2.75, 3.05) is 6.54 Å². The summed E-state index contributed by atoms with van der Waals surface area (Å²) >= 11 is 0. The second-order valence-electron chi connectivity index (χ2n) is 6.05. The van der Waals surface area contributed by atoms with Crippen molar-refractivity contribution < 1.29 is 0 Å². The molecule has 0 aromatic rings.